The third-order valence-electron chi connectivity index (χ3n) is 2.87. The number of hydrogen-bond acceptors (Lipinski definition) is 4. The van der Waals surface area contributed by atoms with Crippen LogP contribution in [0.2, 0.25) is 10.0 Å². The quantitative estimate of drug-likeness (QED) is 0.639. The number of rotatable bonds is 4. The van der Waals surface area contributed by atoms with Gasteiger partial charge >= 0.3 is 5.97 Å². The van der Waals surface area contributed by atoms with E-state index in [0.29, 0.717) is 0 Å². The van der Waals surface area contributed by atoms with E-state index in [2.05, 4.69) is 5.32 Å². The first-order chi connectivity index (χ1) is 10.8. The largest absolute Gasteiger partial charge is 0.478 e. The van der Waals surface area contributed by atoms with Gasteiger partial charge in [0, 0.05) is 17.2 Å². The molecule has 2 N–H and O–H groups in total. The normalized spacial score (nSPS) is 10.2. The van der Waals surface area contributed by atoms with Crippen molar-refractivity contribution < 1.29 is 19.6 Å². The summed E-state index contributed by atoms with van der Waals surface area (Å²) in [6, 6.07) is 7.22. The average molecular weight is 355 g/mol. The van der Waals surface area contributed by atoms with Crippen molar-refractivity contribution in [1.82, 2.24) is 0 Å². The van der Waals surface area contributed by atoms with Crippen LogP contribution in [0.1, 0.15) is 20.7 Å². The van der Waals surface area contributed by atoms with Gasteiger partial charge in [0.05, 0.1) is 26.8 Å². The fourth-order valence-corrected chi connectivity index (χ4v) is 2.17. The third-order valence-corrected chi connectivity index (χ3v) is 3.43. The molecule has 118 valence electrons. The Bertz CT molecular complexity index is 823. The monoisotopic (exact) mass is 354 g/mol. The van der Waals surface area contributed by atoms with Crippen LogP contribution in [0.15, 0.2) is 36.4 Å². The highest BCUT2D eigenvalue weighted by molar-refractivity contribution is 6.34. The van der Waals surface area contributed by atoms with Crippen LogP contribution >= 0.6 is 23.2 Å². The molecule has 0 fully saturated rings. The van der Waals surface area contributed by atoms with Crippen molar-refractivity contribution in [2.45, 2.75) is 0 Å². The Balaban J connectivity index is 2.40. The number of carbonyl (C=O) groups is 2. The number of carboxylic acids is 1. The molecule has 0 unspecified atom stereocenters. The van der Waals surface area contributed by atoms with Gasteiger partial charge in [0.1, 0.15) is 0 Å². The predicted octanol–water partition coefficient (Wildman–Crippen LogP) is 3.85. The number of nitrogens with one attached hydrogen (secondary N) is 1. The lowest BCUT2D eigenvalue weighted by molar-refractivity contribution is -0.384. The van der Waals surface area contributed by atoms with Gasteiger partial charge in [0.15, 0.2) is 0 Å². The number of amides is 1. The molecule has 0 aliphatic carbocycles. The van der Waals surface area contributed by atoms with Gasteiger partial charge in [-0.05, 0) is 24.3 Å². The van der Waals surface area contributed by atoms with Crippen LogP contribution in [0.4, 0.5) is 11.4 Å². The Hall–Kier alpha value is -2.64. The van der Waals surface area contributed by atoms with E-state index in [1.54, 1.807) is 0 Å². The molecule has 7 nitrogen and oxygen atoms in total. The van der Waals surface area contributed by atoms with E-state index < -0.39 is 16.8 Å². The summed E-state index contributed by atoms with van der Waals surface area (Å²) in [5, 5.41) is 22.4. The molecule has 2 rings (SSSR count). The Kier molecular flexibility index (Phi) is 4.83. The van der Waals surface area contributed by atoms with E-state index in [9.17, 15) is 19.7 Å². The van der Waals surface area contributed by atoms with Gasteiger partial charge in [0.2, 0.25) is 0 Å². The SMILES string of the molecule is O=C(Nc1cc(Cl)ccc1C(=O)O)c1cc([N+](=O)[O-])ccc1Cl. The molecule has 0 radical (unpaired) electrons. The third kappa shape index (κ3) is 3.77. The van der Waals surface area contributed by atoms with Crippen molar-refractivity contribution in [1.29, 1.82) is 0 Å². The maximum atomic E-state index is 12.2. The molecule has 0 aliphatic rings. The van der Waals surface area contributed by atoms with Crippen LogP contribution in [-0.4, -0.2) is 21.9 Å². The standard InChI is InChI=1S/C14H8Cl2N2O5/c15-7-1-3-9(14(20)21)12(5-7)17-13(19)10-6-8(18(22)23)2-4-11(10)16/h1-6H,(H,17,19)(H,20,21). The highest BCUT2D eigenvalue weighted by Crippen LogP contribution is 2.25. The van der Waals surface area contributed by atoms with Crippen LogP contribution in [0.3, 0.4) is 0 Å². The van der Waals surface area contributed by atoms with Crippen LogP contribution < -0.4 is 5.32 Å². The van der Waals surface area contributed by atoms with Gasteiger partial charge in [0.25, 0.3) is 11.6 Å². The first-order valence-electron chi connectivity index (χ1n) is 6.07. The second-order valence-electron chi connectivity index (χ2n) is 4.37. The van der Waals surface area contributed by atoms with E-state index in [1.165, 1.54) is 24.3 Å². The van der Waals surface area contributed by atoms with Crippen molar-refractivity contribution in [3.05, 3.63) is 67.7 Å². The van der Waals surface area contributed by atoms with Gasteiger partial charge in [-0.2, -0.15) is 0 Å². The Labute approximate surface area is 139 Å². The molecule has 2 aromatic carbocycles. The van der Waals surface area contributed by atoms with Crippen molar-refractivity contribution in [2.24, 2.45) is 0 Å². The van der Waals surface area contributed by atoms with Crippen LogP contribution in [0.5, 0.6) is 0 Å². The molecule has 1 amide bonds. The predicted molar refractivity (Wildman–Crippen MR) is 84.5 cm³/mol. The summed E-state index contributed by atoms with van der Waals surface area (Å²) in [6.07, 6.45) is 0. The van der Waals surface area contributed by atoms with E-state index in [1.807, 2.05) is 0 Å². The summed E-state index contributed by atoms with van der Waals surface area (Å²) in [7, 11) is 0. The highest BCUT2D eigenvalue weighted by Gasteiger charge is 2.18. The number of carboxylic acid groups (broad SMARTS) is 1. The first-order valence-corrected chi connectivity index (χ1v) is 6.83. The van der Waals surface area contributed by atoms with Crippen molar-refractivity contribution in [3.63, 3.8) is 0 Å². The molecule has 0 saturated carbocycles. The topological polar surface area (TPSA) is 110 Å². The molecular formula is C14H8Cl2N2O5. The molecule has 9 heteroatoms. The minimum absolute atomic E-state index is 0.00740. The molecular weight excluding hydrogens is 347 g/mol. The molecule has 0 saturated heterocycles. The lowest BCUT2D eigenvalue weighted by atomic mass is 10.1. The van der Waals surface area contributed by atoms with Gasteiger partial charge < -0.3 is 10.4 Å². The molecule has 0 aromatic heterocycles. The molecule has 0 heterocycles. The molecule has 0 atom stereocenters. The van der Waals surface area contributed by atoms with E-state index in [4.69, 9.17) is 28.3 Å². The number of non-ortho nitro benzene ring substituents is 1. The summed E-state index contributed by atoms with van der Waals surface area (Å²) in [5.74, 6) is -2.05. The fraction of sp³-hybridized carbons (Fsp3) is 0. The average Bonchev–Trinajstić information content (AvgIpc) is 2.46. The van der Waals surface area contributed by atoms with E-state index >= 15 is 0 Å². The molecule has 0 aliphatic heterocycles. The molecule has 0 spiro atoms. The van der Waals surface area contributed by atoms with Crippen LogP contribution in [0.25, 0.3) is 0 Å². The van der Waals surface area contributed by atoms with E-state index in [0.717, 1.165) is 12.1 Å². The molecule has 23 heavy (non-hydrogen) atoms. The lowest BCUT2D eigenvalue weighted by Crippen LogP contribution is -2.15. The van der Waals surface area contributed by atoms with Gasteiger partial charge in [-0.25, -0.2) is 4.79 Å². The smallest absolute Gasteiger partial charge is 0.337 e. The summed E-state index contributed by atoms with van der Waals surface area (Å²) in [5.41, 5.74) is -0.692. The van der Waals surface area contributed by atoms with Gasteiger partial charge in [-0.3, -0.25) is 14.9 Å². The number of nitro groups is 1. The summed E-state index contributed by atoms with van der Waals surface area (Å²) in [6.45, 7) is 0. The summed E-state index contributed by atoms with van der Waals surface area (Å²) in [4.78, 5) is 33.5. The number of halogens is 2. The minimum atomic E-state index is -1.26. The van der Waals surface area contributed by atoms with Crippen molar-refractivity contribution in [2.75, 3.05) is 5.32 Å². The number of anilines is 1. The number of nitro benzene ring substituents is 1. The number of benzene rings is 2. The second kappa shape index (κ2) is 6.64. The maximum Gasteiger partial charge on any atom is 0.337 e. The number of hydrogen-bond donors (Lipinski definition) is 2. The summed E-state index contributed by atoms with van der Waals surface area (Å²) >= 11 is 11.7. The van der Waals surface area contributed by atoms with E-state index in [-0.39, 0.29) is 32.5 Å². The number of aromatic carboxylic acids is 1. The Morgan fingerprint density at radius 1 is 1.09 bits per heavy atom. The number of nitrogens with zero attached hydrogens (tertiary/aromatic N) is 1. The molecule has 2 aromatic rings. The Morgan fingerprint density at radius 2 is 1.78 bits per heavy atom. The van der Waals surface area contributed by atoms with Gasteiger partial charge in [-0.1, -0.05) is 23.2 Å². The maximum absolute atomic E-state index is 12.2. The van der Waals surface area contributed by atoms with Crippen molar-refractivity contribution in [3.8, 4) is 0 Å². The Morgan fingerprint density at radius 3 is 2.39 bits per heavy atom. The number of carbonyl (C=O) groups excluding carboxylic acids is 1. The summed E-state index contributed by atoms with van der Waals surface area (Å²) < 4.78 is 0. The van der Waals surface area contributed by atoms with Crippen LogP contribution in [0, 0.1) is 10.1 Å². The second-order valence-corrected chi connectivity index (χ2v) is 5.21. The van der Waals surface area contributed by atoms with Gasteiger partial charge in [-0.15, -0.1) is 0 Å². The zero-order valence-corrected chi connectivity index (χ0v) is 12.8. The minimum Gasteiger partial charge on any atom is -0.478 e. The fourth-order valence-electron chi connectivity index (χ4n) is 1.80. The zero-order chi connectivity index (χ0) is 17.1. The first kappa shape index (κ1) is 16.7. The van der Waals surface area contributed by atoms with Crippen LogP contribution in [-0.2, 0) is 0 Å². The lowest BCUT2D eigenvalue weighted by Gasteiger charge is -2.10. The van der Waals surface area contributed by atoms with Crippen molar-refractivity contribution >= 4 is 46.5 Å². The highest BCUT2D eigenvalue weighted by atomic mass is 35.5. The zero-order valence-electron chi connectivity index (χ0n) is 11.2. The molecule has 0 bridgehead atoms.